The van der Waals surface area contributed by atoms with E-state index in [1.54, 1.807) is 6.07 Å². The van der Waals surface area contributed by atoms with Crippen LogP contribution in [0.3, 0.4) is 0 Å². The van der Waals surface area contributed by atoms with Crippen molar-refractivity contribution >= 4 is 5.82 Å². The number of hydrogen-bond acceptors (Lipinski definition) is 5. The number of ether oxygens (including phenoxy) is 1. The van der Waals surface area contributed by atoms with Crippen molar-refractivity contribution in [3.63, 3.8) is 0 Å². The minimum Gasteiger partial charge on any atom is -0.474 e. The Morgan fingerprint density at radius 3 is 2.94 bits per heavy atom. The number of hydrazine groups is 1. The summed E-state index contributed by atoms with van der Waals surface area (Å²) in [6.07, 6.45) is 5.81. The molecule has 1 saturated carbocycles. The Morgan fingerprint density at radius 2 is 2.28 bits per heavy atom. The first-order valence-electron chi connectivity index (χ1n) is 6.72. The number of aryl methyl sites for hydroxylation is 1. The molecule has 5 nitrogen and oxygen atoms in total. The molecule has 0 spiro atoms. The van der Waals surface area contributed by atoms with Crippen molar-refractivity contribution in [1.82, 2.24) is 9.97 Å². The third-order valence-corrected chi connectivity index (χ3v) is 3.39. The first-order chi connectivity index (χ1) is 8.71. The van der Waals surface area contributed by atoms with Gasteiger partial charge in [0.15, 0.2) is 0 Å². The summed E-state index contributed by atoms with van der Waals surface area (Å²) in [5, 5.41) is 0. The number of nitrogens with two attached hydrogens (primary N) is 1. The fraction of sp³-hybridized carbons (Fsp3) is 0.692. The molecule has 2 unspecified atom stereocenters. The highest BCUT2D eigenvalue weighted by Crippen LogP contribution is 2.27. The maximum atomic E-state index is 5.96. The van der Waals surface area contributed by atoms with Gasteiger partial charge in [-0.1, -0.05) is 20.3 Å². The average molecular weight is 250 g/mol. The number of anilines is 1. The predicted molar refractivity (Wildman–Crippen MR) is 71.3 cm³/mol. The number of rotatable bonds is 4. The van der Waals surface area contributed by atoms with E-state index in [0.29, 0.717) is 11.7 Å². The van der Waals surface area contributed by atoms with Gasteiger partial charge < -0.3 is 10.2 Å². The molecular formula is C13H22N4O. The lowest BCUT2D eigenvalue weighted by atomic mass is 9.89. The zero-order valence-electron chi connectivity index (χ0n) is 11.1. The molecule has 2 atom stereocenters. The van der Waals surface area contributed by atoms with Gasteiger partial charge in [0.2, 0.25) is 5.88 Å². The van der Waals surface area contributed by atoms with Crippen LogP contribution >= 0.6 is 0 Å². The quantitative estimate of drug-likeness (QED) is 0.633. The third kappa shape index (κ3) is 3.32. The Labute approximate surface area is 108 Å². The Kier molecular flexibility index (Phi) is 4.36. The lowest BCUT2D eigenvalue weighted by molar-refractivity contribution is 0.123. The molecule has 18 heavy (non-hydrogen) atoms. The molecule has 0 radical (unpaired) electrons. The van der Waals surface area contributed by atoms with E-state index in [4.69, 9.17) is 10.6 Å². The van der Waals surface area contributed by atoms with Gasteiger partial charge in [0.05, 0.1) is 0 Å². The van der Waals surface area contributed by atoms with Crippen LogP contribution in [0.25, 0.3) is 0 Å². The van der Waals surface area contributed by atoms with Crippen molar-refractivity contribution in [1.29, 1.82) is 0 Å². The van der Waals surface area contributed by atoms with Crippen LogP contribution in [0, 0.1) is 5.92 Å². The summed E-state index contributed by atoms with van der Waals surface area (Å²) < 4.78 is 5.96. The van der Waals surface area contributed by atoms with Crippen LogP contribution in [-0.2, 0) is 6.42 Å². The number of hydrogen-bond donors (Lipinski definition) is 2. The molecule has 1 heterocycles. The van der Waals surface area contributed by atoms with Crippen LogP contribution in [0.15, 0.2) is 6.07 Å². The molecule has 5 heteroatoms. The highest BCUT2D eigenvalue weighted by molar-refractivity contribution is 5.37. The van der Waals surface area contributed by atoms with Gasteiger partial charge in [0, 0.05) is 12.5 Å². The van der Waals surface area contributed by atoms with Gasteiger partial charge in [-0.15, -0.1) is 0 Å². The van der Waals surface area contributed by atoms with Gasteiger partial charge in [-0.3, -0.25) is 0 Å². The third-order valence-electron chi connectivity index (χ3n) is 3.39. The van der Waals surface area contributed by atoms with Crippen LogP contribution in [0.5, 0.6) is 5.88 Å². The van der Waals surface area contributed by atoms with E-state index in [9.17, 15) is 0 Å². The van der Waals surface area contributed by atoms with Crippen LogP contribution in [0.1, 0.15) is 45.4 Å². The second-order valence-corrected chi connectivity index (χ2v) is 5.02. The molecule has 1 aromatic heterocycles. The van der Waals surface area contributed by atoms with Crippen LogP contribution < -0.4 is 16.0 Å². The molecule has 1 aliphatic rings. The zero-order valence-corrected chi connectivity index (χ0v) is 11.1. The maximum Gasteiger partial charge on any atom is 0.219 e. The van der Waals surface area contributed by atoms with Gasteiger partial charge in [0.1, 0.15) is 17.7 Å². The summed E-state index contributed by atoms with van der Waals surface area (Å²) in [7, 11) is 0. The number of nitrogens with one attached hydrogen (secondary N) is 1. The summed E-state index contributed by atoms with van der Waals surface area (Å²) in [6.45, 7) is 4.29. The van der Waals surface area contributed by atoms with E-state index in [2.05, 4.69) is 22.3 Å². The summed E-state index contributed by atoms with van der Waals surface area (Å²) in [4.78, 5) is 8.64. The molecule has 0 aliphatic heterocycles. The molecule has 1 aromatic rings. The van der Waals surface area contributed by atoms with Gasteiger partial charge in [0.25, 0.3) is 0 Å². The molecule has 2 rings (SSSR count). The fourth-order valence-electron chi connectivity index (χ4n) is 2.42. The molecule has 100 valence electrons. The second kappa shape index (κ2) is 6.00. The largest absolute Gasteiger partial charge is 0.474 e. The van der Waals surface area contributed by atoms with Crippen molar-refractivity contribution in [2.24, 2.45) is 11.8 Å². The first kappa shape index (κ1) is 13.1. The molecule has 0 amide bonds. The molecule has 0 saturated heterocycles. The van der Waals surface area contributed by atoms with E-state index in [1.165, 1.54) is 12.8 Å². The first-order valence-corrected chi connectivity index (χ1v) is 6.72. The zero-order chi connectivity index (χ0) is 13.0. The van der Waals surface area contributed by atoms with E-state index >= 15 is 0 Å². The van der Waals surface area contributed by atoms with Crippen LogP contribution in [0.2, 0.25) is 0 Å². The van der Waals surface area contributed by atoms with Crippen LogP contribution in [0.4, 0.5) is 5.82 Å². The van der Waals surface area contributed by atoms with Crippen molar-refractivity contribution in [2.45, 2.75) is 52.1 Å². The molecule has 1 fully saturated rings. The SMILES string of the molecule is CCc1nc(NN)cc(OC2CCCC(C)C2)n1. The van der Waals surface area contributed by atoms with Crippen molar-refractivity contribution in [3.8, 4) is 5.88 Å². The van der Waals surface area contributed by atoms with Gasteiger partial charge in [-0.25, -0.2) is 10.8 Å². The lowest BCUT2D eigenvalue weighted by Gasteiger charge is -2.27. The smallest absolute Gasteiger partial charge is 0.219 e. The van der Waals surface area contributed by atoms with Gasteiger partial charge in [-0.05, 0) is 25.2 Å². The Bertz CT molecular complexity index is 374. The lowest BCUT2D eigenvalue weighted by Crippen LogP contribution is -2.24. The average Bonchev–Trinajstić information content (AvgIpc) is 2.38. The normalized spacial score (nSPS) is 23.7. The molecule has 1 aliphatic carbocycles. The molecule has 0 bridgehead atoms. The Morgan fingerprint density at radius 1 is 1.44 bits per heavy atom. The maximum absolute atomic E-state index is 5.96. The van der Waals surface area contributed by atoms with E-state index in [0.717, 1.165) is 31.0 Å². The summed E-state index contributed by atoms with van der Waals surface area (Å²) >= 11 is 0. The minimum atomic E-state index is 0.277. The summed E-state index contributed by atoms with van der Waals surface area (Å²) in [5.74, 6) is 8.14. The van der Waals surface area contributed by atoms with Gasteiger partial charge >= 0.3 is 0 Å². The fourth-order valence-corrected chi connectivity index (χ4v) is 2.42. The number of nitrogens with zero attached hydrogens (tertiary/aromatic N) is 2. The molecule has 3 N–H and O–H groups in total. The minimum absolute atomic E-state index is 0.277. The predicted octanol–water partition coefficient (Wildman–Crippen LogP) is 2.28. The Hall–Kier alpha value is -1.36. The van der Waals surface area contributed by atoms with Crippen molar-refractivity contribution in [3.05, 3.63) is 11.9 Å². The van der Waals surface area contributed by atoms with E-state index < -0.39 is 0 Å². The highest BCUT2D eigenvalue weighted by Gasteiger charge is 2.21. The summed E-state index contributed by atoms with van der Waals surface area (Å²) in [5.41, 5.74) is 2.56. The number of nitrogen functional groups attached to an aromatic ring is 1. The van der Waals surface area contributed by atoms with E-state index in [1.807, 2.05) is 6.92 Å². The summed E-state index contributed by atoms with van der Waals surface area (Å²) in [6, 6.07) is 1.76. The molecule has 0 aromatic carbocycles. The van der Waals surface area contributed by atoms with E-state index in [-0.39, 0.29) is 6.10 Å². The van der Waals surface area contributed by atoms with Crippen molar-refractivity contribution < 1.29 is 4.74 Å². The highest BCUT2D eigenvalue weighted by atomic mass is 16.5. The van der Waals surface area contributed by atoms with Crippen molar-refractivity contribution in [2.75, 3.05) is 5.43 Å². The standard InChI is InChI=1S/C13H22N4O/c1-3-11-15-12(17-14)8-13(16-11)18-10-6-4-5-9(2)7-10/h8-10H,3-7,14H2,1-2H3,(H,15,16,17). The Balaban J connectivity index is 2.07. The number of aromatic nitrogens is 2. The topological polar surface area (TPSA) is 73.1 Å². The monoisotopic (exact) mass is 250 g/mol. The van der Waals surface area contributed by atoms with Crippen LogP contribution in [-0.4, -0.2) is 16.1 Å². The van der Waals surface area contributed by atoms with Gasteiger partial charge in [-0.2, -0.15) is 4.98 Å². The molecular weight excluding hydrogens is 228 g/mol. The second-order valence-electron chi connectivity index (χ2n) is 5.02.